The lowest BCUT2D eigenvalue weighted by atomic mass is 10.3. The molecule has 3 aromatic rings. The summed E-state index contributed by atoms with van der Waals surface area (Å²) < 4.78 is 3.55. The van der Waals surface area contributed by atoms with Gasteiger partial charge in [0.05, 0.1) is 17.2 Å². The van der Waals surface area contributed by atoms with Crippen LogP contribution in [-0.2, 0) is 0 Å². The molecule has 7 heteroatoms. The third-order valence-corrected chi connectivity index (χ3v) is 3.90. The quantitative estimate of drug-likeness (QED) is 0.635. The van der Waals surface area contributed by atoms with Crippen molar-refractivity contribution in [3.8, 4) is 0 Å². The summed E-state index contributed by atoms with van der Waals surface area (Å²) in [7, 11) is 0. The van der Waals surface area contributed by atoms with Gasteiger partial charge in [0.1, 0.15) is 0 Å². The first-order chi connectivity index (χ1) is 7.25. The summed E-state index contributed by atoms with van der Waals surface area (Å²) >= 11 is 6.86. The van der Waals surface area contributed by atoms with Gasteiger partial charge in [-0.2, -0.15) is 4.52 Å². The van der Waals surface area contributed by atoms with Crippen molar-refractivity contribution in [2.24, 2.45) is 0 Å². The zero-order valence-electron chi connectivity index (χ0n) is 7.22. The van der Waals surface area contributed by atoms with Crippen LogP contribution in [0.2, 0.25) is 0 Å². The second-order valence-corrected chi connectivity index (χ2v) is 4.67. The summed E-state index contributed by atoms with van der Waals surface area (Å²) in [5.41, 5.74) is 2.34. The summed E-state index contributed by atoms with van der Waals surface area (Å²) in [6.45, 7) is 0. The van der Waals surface area contributed by atoms with Crippen LogP contribution in [0.4, 0.5) is 0 Å². The number of aromatic nitrogens is 5. The zero-order valence-corrected chi connectivity index (χ0v) is 10.4. The number of rotatable bonds is 0. The van der Waals surface area contributed by atoms with Crippen LogP contribution in [0.25, 0.3) is 16.7 Å². The second kappa shape index (κ2) is 3.21. The van der Waals surface area contributed by atoms with Gasteiger partial charge in [-0.3, -0.25) is 4.98 Å². The molecule has 0 bridgehead atoms. The molecular weight excluding hydrogens is 326 g/mol. The molecule has 0 fully saturated rings. The maximum atomic E-state index is 4.27. The van der Waals surface area contributed by atoms with E-state index in [1.807, 2.05) is 12.1 Å². The van der Waals surface area contributed by atoms with Crippen molar-refractivity contribution in [2.45, 2.75) is 0 Å². The highest BCUT2D eigenvalue weighted by atomic mass is 79.9. The van der Waals surface area contributed by atoms with Crippen LogP contribution in [0.1, 0.15) is 0 Å². The normalized spacial score (nSPS) is 11.3. The maximum Gasteiger partial charge on any atom is 0.198 e. The SMILES string of the molecule is Brc1cc2ncc3nnnn3c2cc1Br. The number of benzene rings is 1. The van der Waals surface area contributed by atoms with Crippen molar-refractivity contribution >= 4 is 48.5 Å². The van der Waals surface area contributed by atoms with Gasteiger partial charge in [-0.05, 0) is 54.4 Å². The minimum absolute atomic E-state index is 0.636. The van der Waals surface area contributed by atoms with Gasteiger partial charge in [0.15, 0.2) is 5.65 Å². The van der Waals surface area contributed by atoms with Crippen LogP contribution < -0.4 is 0 Å². The van der Waals surface area contributed by atoms with Crippen molar-refractivity contribution in [1.82, 2.24) is 25.0 Å². The number of tetrazole rings is 1. The lowest BCUT2D eigenvalue weighted by molar-refractivity contribution is 0.840. The lowest BCUT2D eigenvalue weighted by Crippen LogP contribution is -1.93. The Hall–Kier alpha value is -1.08. The maximum absolute atomic E-state index is 4.27. The Morgan fingerprint density at radius 2 is 1.93 bits per heavy atom. The summed E-state index contributed by atoms with van der Waals surface area (Å²) in [5.74, 6) is 0. The van der Waals surface area contributed by atoms with E-state index >= 15 is 0 Å². The Kier molecular flexibility index (Phi) is 1.96. The van der Waals surface area contributed by atoms with Gasteiger partial charge in [-0.25, -0.2) is 0 Å². The molecule has 3 rings (SSSR count). The molecule has 0 unspecified atom stereocenters. The minimum atomic E-state index is 0.636. The molecule has 0 radical (unpaired) electrons. The molecule has 5 nitrogen and oxygen atoms in total. The molecule has 2 aromatic heterocycles. The third-order valence-electron chi connectivity index (χ3n) is 2.06. The van der Waals surface area contributed by atoms with Crippen LogP contribution in [0.3, 0.4) is 0 Å². The molecule has 0 saturated carbocycles. The molecule has 0 saturated heterocycles. The number of hydrogen-bond acceptors (Lipinski definition) is 4. The summed E-state index contributed by atoms with van der Waals surface area (Å²) in [4.78, 5) is 4.27. The van der Waals surface area contributed by atoms with E-state index in [0.29, 0.717) is 5.65 Å². The molecule has 0 N–H and O–H groups in total. The summed E-state index contributed by atoms with van der Waals surface area (Å²) in [6, 6.07) is 3.84. The van der Waals surface area contributed by atoms with E-state index in [1.54, 1.807) is 10.7 Å². The summed E-state index contributed by atoms with van der Waals surface area (Å²) in [6.07, 6.45) is 1.64. The Bertz CT molecular complexity index is 662. The van der Waals surface area contributed by atoms with E-state index in [2.05, 4.69) is 52.4 Å². The molecule has 1 aromatic carbocycles. The van der Waals surface area contributed by atoms with Gasteiger partial charge >= 0.3 is 0 Å². The molecule has 0 aliphatic heterocycles. The van der Waals surface area contributed by atoms with Crippen LogP contribution in [0.15, 0.2) is 27.3 Å². The lowest BCUT2D eigenvalue weighted by Gasteiger charge is -2.01. The molecular formula is C8H3Br2N5. The van der Waals surface area contributed by atoms with Gasteiger partial charge in [0, 0.05) is 8.95 Å². The fraction of sp³-hybridized carbons (Fsp3) is 0. The van der Waals surface area contributed by atoms with Crippen LogP contribution >= 0.6 is 31.9 Å². The third kappa shape index (κ3) is 1.34. The molecule has 0 amide bonds. The van der Waals surface area contributed by atoms with Crippen molar-refractivity contribution in [2.75, 3.05) is 0 Å². The Morgan fingerprint density at radius 3 is 2.80 bits per heavy atom. The largest absolute Gasteiger partial charge is 0.251 e. The topological polar surface area (TPSA) is 56.0 Å². The molecule has 74 valence electrons. The monoisotopic (exact) mass is 327 g/mol. The predicted molar refractivity (Wildman–Crippen MR) is 61.5 cm³/mol. The van der Waals surface area contributed by atoms with E-state index in [4.69, 9.17) is 0 Å². The van der Waals surface area contributed by atoms with E-state index in [0.717, 1.165) is 20.0 Å². The van der Waals surface area contributed by atoms with Gasteiger partial charge in [0.25, 0.3) is 0 Å². The second-order valence-electron chi connectivity index (χ2n) is 2.96. The zero-order chi connectivity index (χ0) is 10.4. The van der Waals surface area contributed by atoms with Gasteiger partial charge in [0.2, 0.25) is 0 Å². The molecule has 0 aliphatic carbocycles. The number of fused-ring (bicyclic) bond motifs is 3. The first kappa shape index (κ1) is 9.17. The van der Waals surface area contributed by atoms with Crippen molar-refractivity contribution in [3.05, 3.63) is 27.3 Å². The molecule has 0 aliphatic rings. The predicted octanol–water partition coefficient (Wildman–Crippen LogP) is 2.20. The van der Waals surface area contributed by atoms with E-state index in [9.17, 15) is 0 Å². The van der Waals surface area contributed by atoms with Crippen molar-refractivity contribution in [3.63, 3.8) is 0 Å². The fourth-order valence-corrected chi connectivity index (χ4v) is 2.03. The number of halogens is 2. The van der Waals surface area contributed by atoms with Crippen molar-refractivity contribution < 1.29 is 0 Å². The molecule has 15 heavy (non-hydrogen) atoms. The van der Waals surface area contributed by atoms with E-state index < -0.39 is 0 Å². The first-order valence-corrected chi connectivity index (χ1v) is 5.66. The Balaban J connectivity index is 2.57. The van der Waals surface area contributed by atoms with Gasteiger partial charge in [-0.15, -0.1) is 5.10 Å². The smallest absolute Gasteiger partial charge is 0.198 e. The van der Waals surface area contributed by atoms with E-state index in [1.165, 1.54) is 0 Å². The average Bonchev–Trinajstić information content (AvgIpc) is 2.68. The fourth-order valence-electron chi connectivity index (χ4n) is 1.37. The van der Waals surface area contributed by atoms with Crippen LogP contribution in [0.5, 0.6) is 0 Å². The molecule has 0 spiro atoms. The van der Waals surface area contributed by atoms with Gasteiger partial charge in [-0.1, -0.05) is 0 Å². The number of nitrogens with zero attached hydrogens (tertiary/aromatic N) is 5. The van der Waals surface area contributed by atoms with Crippen molar-refractivity contribution in [1.29, 1.82) is 0 Å². The van der Waals surface area contributed by atoms with Gasteiger partial charge < -0.3 is 0 Å². The standard InChI is InChI=1S/C8H3Br2N5/c9-4-1-6-7(2-5(4)10)15-8(3-11-6)12-13-14-15/h1-3H. The average molecular weight is 329 g/mol. The van der Waals surface area contributed by atoms with E-state index in [-0.39, 0.29) is 0 Å². The molecule has 0 atom stereocenters. The Labute approximate surface area is 101 Å². The van der Waals surface area contributed by atoms with Crippen LogP contribution in [-0.4, -0.2) is 25.0 Å². The minimum Gasteiger partial charge on any atom is -0.251 e. The first-order valence-electron chi connectivity index (χ1n) is 4.07. The summed E-state index contributed by atoms with van der Waals surface area (Å²) in [5, 5.41) is 11.3. The highest BCUT2D eigenvalue weighted by Gasteiger charge is 2.06. The molecule has 2 heterocycles. The highest BCUT2D eigenvalue weighted by Crippen LogP contribution is 2.27. The van der Waals surface area contributed by atoms with Crippen LogP contribution in [0, 0.1) is 0 Å². The Morgan fingerprint density at radius 1 is 1.13 bits per heavy atom. The number of hydrogen-bond donors (Lipinski definition) is 0. The highest BCUT2D eigenvalue weighted by molar-refractivity contribution is 9.13.